The number of aromatic nitrogens is 4. The van der Waals surface area contributed by atoms with Crippen LogP contribution in [-0.4, -0.2) is 51.8 Å². The fourth-order valence-electron chi connectivity index (χ4n) is 4.31. The van der Waals surface area contributed by atoms with Gasteiger partial charge in [0.25, 0.3) is 0 Å². The van der Waals surface area contributed by atoms with E-state index < -0.39 is 36.3 Å². The van der Waals surface area contributed by atoms with E-state index in [9.17, 15) is 35.9 Å². The molecule has 5 rings (SSSR count). The molecule has 0 aliphatic rings. The van der Waals surface area contributed by atoms with Crippen LogP contribution in [0.3, 0.4) is 0 Å². The van der Waals surface area contributed by atoms with Crippen LogP contribution in [0.15, 0.2) is 84.9 Å². The SMILES string of the molecule is C.C.COc1ccc(CNc2cc(C)nc(NC(=O)Nc3ccc(OC(F)(F)F)cc3)n2)cc1.Cc1cc(N)nc(NC(=O)Nc2ccc(OC(F)(F)F)cc2)n1. The molecule has 0 bridgehead atoms. The molecular weight excluding hydrogens is 766 g/mol. The van der Waals surface area contributed by atoms with Gasteiger partial charge in [-0.2, -0.15) is 9.97 Å². The Labute approximate surface area is 323 Å². The Kier molecular flexibility index (Phi) is 16.6. The highest BCUT2D eigenvalue weighted by Crippen LogP contribution is 2.25. The first-order valence-electron chi connectivity index (χ1n) is 15.6. The number of nitrogens with two attached hydrogens (primary N) is 1. The molecule has 0 saturated carbocycles. The van der Waals surface area contributed by atoms with Crippen molar-refractivity contribution in [1.29, 1.82) is 0 Å². The van der Waals surface area contributed by atoms with Crippen molar-refractivity contribution in [3.05, 3.63) is 102 Å². The normalized spacial score (nSPS) is 10.5. The third-order valence-corrected chi connectivity index (χ3v) is 6.50. The standard InChI is InChI=1S/C21H20F3N5O3.C13H12F3N5O2.2CH4/c1-13-11-18(25-12-14-3-7-16(31-2)8-4-14)28-19(26-13)29-20(30)27-15-5-9-17(10-6-15)32-21(22,23)24;1-7-6-10(17)20-11(18-7)21-12(22)19-8-2-4-9(5-3-8)23-13(14,15)16;;/h3-11H,12H2,1-2H3,(H3,25,26,27,28,29,30);2-6H,1H3,(H4,17,18,19,20,21,22);2*1H4. The summed E-state index contributed by atoms with van der Waals surface area (Å²) in [6.07, 6.45) is -9.55. The number of halogens is 6. The Hall–Kier alpha value is -7.06. The van der Waals surface area contributed by atoms with E-state index >= 15 is 0 Å². The van der Waals surface area contributed by atoms with Crippen LogP contribution in [0.4, 0.5) is 70.8 Å². The molecule has 3 aromatic carbocycles. The van der Waals surface area contributed by atoms with Crippen molar-refractivity contribution < 1.29 is 50.1 Å². The average molecular weight is 807 g/mol. The number of hydrogen-bond acceptors (Lipinski definition) is 11. The van der Waals surface area contributed by atoms with Crippen LogP contribution in [0, 0.1) is 13.8 Å². The predicted octanol–water partition coefficient (Wildman–Crippen LogP) is 9.13. The summed E-state index contributed by atoms with van der Waals surface area (Å²) < 4.78 is 85.4. The number of urea groups is 2. The van der Waals surface area contributed by atoms with E-state index in [1.54, 1.807) is 27.0 Å². The molecule has 7 N–H and O–H groups in total. The number of amides is 4. The molecule has 2 aromatic heterocycles. The number of benzene rings is 3. The summed E-state index contributed by atoms with van der Waals surface area (Å²) in [4.78, 5) is 40.2. The number of carbonyl (C=O) groups excluding carboxylic acids is 2. The molecule has 0 fully saturated rings. The van der Waals surface area contributed by atoms with Crippen LogP contribution >= 0.6 is 0 Å². The van der Waals surface area contributed by atoms with Gasteiger partial charge in [-0.1, -0.05) is 27.0 Å². The Morgan fingerprint density at radius 3 is 1.46 bits per heavy atom. The number of ether oxygens (including phenoxy) is 3. The molecule has 306 valence electrons. The third-order valence-electron chi connectivity index (χ3n) is 6.50. The number of aryl methyl sites for hydroxylation is 2. The molecule has 21 heteroatoms. The van der Waals surface area contributed by atoms with Gasteiger partial charge in [0, 0.05) is 41.4 Å². The maximum absolute atomic E-state index is 12.2. The van der Waals surface area contributed by atoms with E-state index in [0.29, 0.717) is 23.8 Å². The van der Waals surface area contributed by atoms with Crippen molar-refractivity contribution in [1.82, 2.24) is 19.9 Å². The number of methoxy groups -OCH3 is 1. The van der Waals surface area contributed by atoms with E-state index in [2.05, 4.69) is 56.0 Å². The van der Waals surface area contributed by atoms with E-state index in [1.807, 2.05) is 24.3 Å². The van der Waals surface area contributed by atoms with Gasteiger partial charge in [-0.3, -0.25) is 10.6 Å². The lowest BCUT2D eigenvalue weighted by molar-refractivity contribution is -0.275. The monoisotopic (exact) mass is 806 g/mol. The topological polar surface area (TPSA) is 200 Å². The van der Waals surface area contributed by atoms with Crippen LogP contribution in [-0.2, 0) is 6.54 Å². The highest BCUT2D eigenvalue weighted by atomic mass is 19.4. The number of rotatable bonds is 10. The van der Waals surface area contributed by atoms with Gasteiger partial charge in [-0.05, 0) is 80.1 Å². The number of nitrogens with zero attached hydrogens (tertiary/aromatic N) is 4. The van der Waals surface area contributed by atoms with E-state index in [0.717, 1.165) is 35.6 Å². The van der Waals surface area contributed by atoms with Crippen molar-refractivity contribution in [3.63, 3.8) is 0 Å². The van der Waals surface area contributed by atoms with Crippen LogP contribution in [0.1, 0.15) is 31.8 Å². The lowest BCUT2D eigenvalue weighted by Gasteiger charge is -2.11. The Morgan fingerprint density at radius 1 is 0.614 bits per heavy atom. The summed E-state index contributed by atoms with van der Waals surface area (Å²) in [5, 5.41) is 12.9. The summed E-state index contributed by atoms with van der Waals surface area (Å²) in [5.41, 5.74) is 8.26. The summed E-state index contributed by atoms with van der Waals surface area (Å²) in [6.45, 7) is 3.93. The third kappa shape index (κ3) is 16.9. The average Bonchev–Trinajstić information content (AvgIpc) is 3.07. The molecule has 15 nitrogen and oxygen atoms in total. The fraction of sp³-hybridized carbons (Fsp3) is 0.222. The minimum absolute atomic E-state index is 0. The number of nitrogen functional groups attached to an aromatic ring is 1. The van der Waals surface area contributed by atoms with Crippen molar-refractivity contribution in [3.8, 4) is 17.2 Å². The van der Waals surface area contributed by atoms with Gasteiger partial charge in [0.05, 0.1) is 7.11 Å². The fourth-order valence-corrected chi connectivity index (χ4v) is 4.31. The molecule has 0 aliphatic heterocycles. The number of carbonyl (C=O) groups is 2. The van der Waals surface area contributed by atoms with Crippen molar-refractivity contribution >= 4 is 47.0 Å². The predicted molar refractivity (Wildman–Crippen MR) is 203 cm³/mol. The van der Waals surface area contributed by atoms with Crippen molar-refractivity contribution in [2.24, 2.45) is 0 Å². The van der Waals surface area contributed by atoms with Crippen LogP contribution in [0.25, 0.3) is 0 Å². The zero-order chi connectivity index (χ0) is 40.2. The van der Waals surface area contributed by atoms with Crippen LogP contribution < -0.4 is 46.5 Å². The molecule has 0 atom stereocenters. The van der Waals surface area contributed by atoms with Gasteiger partial charge in [0.2, 0.25) is 11.9 Å². The van der Waals surface area contributed by atoms with E-state index in [1.165, 1.54) is 30.3 Å². The summed E-state index contributed by atoms with van der Waals surface area (Å²) >= 11 is 0. The van der Waals surface area contributed by atoms with Gasteiger partial charge < -0.3 is 35.9 Å². The Morgan fingerprint density at radius 2 is 1.04 bits per heavy atom. The number of anilines is 6. The first-order valence-corrected chi connectivity index (χ1v) is 15.6. The van der Waals surface area contributed by atoms with Gasteiger partial charge >= 0.3 is 24.8 Å². The molecule has 5 aromatic rings. The lowest BCUT2D eigenvalue weighted by Crippen LogP contribution is -2.21. The van der Waals surface area contributed by atoms with Gasteiger partial charge in [0.1, 0.15) is 28.9 Å². The second-order valence-corrected chi connectivity index (χ2v) is 11.0. The minimum atomic E-state index is -4.78. The lowest BCUT2D eigenvalue weighted by atomic mass is 10.2. The molecule has 4 amide bonds. The largest absolute Gasteiger partial charge is 0.573 e. The van der Waals surface area contributed by atoms with Gasteiger partial charge in [-0.15, -0.1) is 26.3 Å². The molecule has 0 unspecified atom stereocenters. The first kappa shape index (κ1) is 46.1. The highest BCUT2D eigenvalue weighted by molar-refractivity contribution is 5.99. The van der Waals surface area contributed by atoms with Crippen molar-refractivity contribution in [2.45, 2.75) is 48.0 Å². The molecule has 57 heavy (non-hydrogen) atoms. The maximum atomic E-state index is 12.2. The summed E-state index contributed by atoms with van der Waals surface area (Å²) in [7, 11) is 1.60. The van der Waals surface area contributed by atoms with Crippen LogP contribution in [0.5, 0.6) is 17.2 Å². The molecular formula is C36H40F6N10O5. The van der Waals surface area contributed by atoms with Crippen LogP contribution in [0.2, 0.25) is 0 Å². The van der Waals surface area contributed by atoms with E-state index in [-0.39, 0.29) is 43.9 Å². The Balaban J connectivity index is 0.000000399. The molecule has 0 saturated heterocycles. The smallest absolute Gasteiger partial charge is 0.497 e. The molecule has 0 aliphatic carbocycles. The van der Waals surface area contributed by atoms with E-state index in [4.69, 9.17) is 10.5 Å². The molecule has 2 heterocycles. The highest BCUT2D eigenvalue weighted by Gasteiger charge is 2.31. The Bertz CT molecular complexity index is 2030. The minimum Gasteiger partial charge on any atom is -0.497 e. The summed E-state index contributed by atoms with van der Waals surface area (Å²) in [5.74, 6) is 0.760. The number of alkyl halides is 6. The summed E-state index contributed by atoms with van der Waals surface area (Å²) in [6, 6.07) is 18.9. The quantitative estimate of drug-likeness (QED) is 0.0736. The maximum Gasteiger partial charge on any atom is 0.573 e. The van der Waals surface area contributed by atoms with Gasteiger partial charge in [0.15, 0.2) is 0 Å². The molecule has 0 radical (unpaired) electrons. The zero-order valence-electron chi connectivity index (χ0n) is 29.0. The second-order valence-electron chi connectivity index (χ2n) is 11.0. The second kappa shape index (κ2) is 20.6. The first-order chi connectivity index (χ1) is 25.9. The van der Waals surface area contributed by atoms with Crippen molar-refractivity contribution in [2.75, 3.05) is 39.4 Å². The zero-order valence-corrected chi connectivity index (χ0v) is 29.0. The number of nitrogens with one attached hydrogen (secondary N) is 5. The molecule has 0 spiro atoms. The number of hydrogen-bond donors (Lipinski definition) is 6. The van der Waals surface area contributed by atoms with Gasteiger partial charge in [-0.25, -0.2) is 19.6 Å².